The van der Waals surface area contributed by atoms with Gasteiger partial charge in [0.25, 0.3) is 0 Å². The predicted molar refractivity (Wildman–Crippen MR) is 99.0 cm³/mol. The van der Waals surface area contributed by atoms with Gasteiger partial charge in [-0.2, -0.15) is 0 Å². The van der Waals surface area contributed by atoms with Gasteiger partial charge in [-0.1, -0.05) is 36.4 Å². The summed E-state index contributed by atoms with van der Waals surface area (Å²) in [7, 11) is 0. The van der Waals surface area contributed by atoms with E-state index in [0.29, 0.717) is 5.56 Å². The molecule has 1 amide bonds. The maximum absolute atomic E-state index is 13.0. The highest BCUT2D eigenvalue weighted by molar-refractivity contribution is 6.07. The first-order valence-corrected chi connectivity index (χ1v) is 8.55. The van der Waals surface area contributed by atoms with Crippen LogP contribution in [0.2, 0.25) is 0 Å². The average molecular weight is 332 g/mol. The largest absolute Gasteiger partial charge is 0.337 e. The Morgan fingerprint density at radius 1 is 1.08 bits per heavy atom. The van der Waals surface area contributed by atoms with Crippen molar-refractivity contribution >= 4 is 28.3 Å². The summed E-state index contributed by atoms with van der Waals surface area (Å²) < 4.78 is 1.89. The van der Waals surface area contributed by atoms with E-state index >= 15 is 0 Å². The van der Waals surface area contributed by atoms with Gasteiger partial charge in [-0.25, -0.2) is 0 Å². The summed E-state index contributed by atoms with van der Waals surface area (Å²) in [5, 5.41) is 0.901. The molecule has 1 aliphatic rings. The number of rotatable bonds is 3. The van der Waals surface area contributed by atoms with Crippen molar-refractivity contribution < 1.29 is 9.59 Å². The molecule has 0 saturated carbocycles. The molecular formula is C21H20N2O2. The molecule has 2 heterocycles. The van der Waals surface area contributed by atoms with Gasteiger partial charge in [0, 0.05) is 34.4 Å². The first kappa shape index (κ1) is 15.6. The topological polar surface area (TPSA) is 42.3 Å². The second kappa shape index (κ2) is 5.88. The van der Waals surface area contributed by atoms with Gasteiger partial charge >= 0.3 is 0 Å². The van der Waals surface area contributed by atoms with E-state index in [4.69, 9.17) is 0 Å². The van der Waals surface area contributed by atoms with Gasteiger partial charge in [0.1, 0.15) is 6.54 Å². The smallest absolute Gasteiger partial charge is 0.247 e. The molecule has 0 bridgehead atoms. The maximum atomic E-state index is 13.0. The number of fused-ring (bicyclic) bond motifs is 2. The van der Waals surface area contributed by atoms with Gasteiger partial charge in [-0.15, -0.1) is 0 Å². The minimum absolute atomic E-state index is 0.0160. The summed E-state index contributed by atoms with van der Waals surface area (Å²) in [6, 6.07) is 16.0. The van der Waals surface area contributed by atoms with Gasteiger partial charge in [-0.3, -0.25) is 9.59 Å². The monoisotopic (exact) mass is 332 g/mol. The standard InChI is InChI=1S/C21H20N2O2/c1-14-11-16-7-3-5-9-19(16)23(14)21(25)13-22-12-18(15(2)24)17-8-4-6-10-20(17)22/h3-10,12,14H,11,13H2,1-2H3/t14-/m0/s1. The van der Waals surface area contributed by atoms with Crippen molar-refractivity contribution in [2.75, 3.05) is 4.90 Å². The predicted octanol–water partition coefficient (Wildman–Crippen LogP) is 3.82. The lowest BCUT2D eigenvalue weighted by atomic mass is 10.1. The van der Waals surface area contributed by atoms with E-state index < -0.39 is 0 Å². The summed E-state index contributed by atoms with van der Waals surface area (Å²) in [6.45, 7) is 3.87. The zero-order valence-corrected chi connectivity index (χ0v) is 14.4. The van der Waals surface area contributed by atoms with Crippen LogP contribution in [0.5, 0.6) is 0 Å². The number of ketones is 1. The number of nitrogens with zero attached hydrogens (tertiary/aromatic N) is 2. The number of para-hydroxylation sites is 2. The molecule has 2 aromatic carbocycles. The van der Waals surface area contributed by atoms with Crippen LogP contribution in [0.1, 0.15) is 29.8 Å². The van der Waals surface area contributed by atoms with Crippen LogP contribution in [-0.2, 0) is 17.8 Å². The lowest BCUT2D eigenvalue weighted by Crippen LogP contribution is -2.37. The molecule has 0 spiro atoms. The van der Waals surface area contributed by atoms with Crippen LogP contribution in [0.4, 0.5) is 5.69 Å². The number of carbonyl (C=O) groups excluding carboxylic acids is 2. The van der Waals surface area contributed by atoms with Crippen molar-refractivity contribution in [3.05, 3.63) is 65.9 Å². The highest BCUT2D eigenvalue weighted by Crippen LogP contribution is 2.32. The van der Waals surface area contributed by atoms with Crippen molar-refractivity contribution in [1.29, 1.82) is 0 Å². The quantitative estimate of drug-likeness (QED) is 0.684. The molecule has 0 aliphatic carbocycles. The number of amides is 1. The van der Waals surface area contributed by atoms with Crippen molar-refractivity contribution in [2.45, 2.75) is 32.9 Å². The van der Waals surface area contributed by atoms with E-state index in [-0.39, 0.29) is 24.3 Å². The summed E-state index contributed by atoms with van der Waals surface area (Å²) in [4.78, 5) is 26.8. The highest BCUT2D eigenvalue weighted by Gasteiger charge is 2.30. The summed E-state index contributed by atoms with van der Waals surface area (Å²) >= 11 is 0. The third-order valence-electron chi connectivity index (χ3n) is 4.95. The Labute approximate surface area is 146 Å². The third kappa shape index (κ3) is 2.54. The van der Waals surface area contributed by atoms with Gasteiger partial charge in [0.15, 0.2) is 5.78 Å². The number of Topliss-reactive ketones (excluding diaryl/α,β-unsaturated/α-hetero) is 1. The molecule has 1 aliphatic heterocycles. The molecule has 1 aromatic heterocycles. The molecule has 0 radical (unpaired) electrons. The normalized spacial score (nSPS) is 16.2. The van der Waals surface area contributed by atoms with E-state index in [2.05, 4.69) is 13.0 Å². The highest BCUT2D eigenvalue weighted by atomic mass is 16.2. The van der Waals surface area contributed by atoms with Crippen LogP contribution in [0.25, 0.3) is 10.9 Å². The number of anilines is 1. The molecule has 0 saturated heterocycles. The fourth-order valence-electron chi connectivity index (χ4n) is 3.83. The SMILES string of the molecule is CC(=O)c1cn(CC(=O)N2c3ccccc3C[C@@H]2C)c2ccccc12. The molecule has 4 rings (SSSR count). The third-order valence-corrected chi connectivity index (χ3v) is 4.95. The van der Waals surface area contributed by atoms with Crippen molar-refractivity contribution in [2.24, 2.45) is 0 Å². The maximum Gasteiger partial charge on any atom is 0.247 e. The van der Waals surface area contributed by atoms with Crippen molar-refractivity contribution in [3.63, 3.8) is 0 Å². The molecule has 0 fully saturated rings. The lowest BCUT2D eigenvalue weighted by molar-refractivity contribution is -0.119. The molecule has 25 heavy (non-hydrogen) atoms. The Balaban J connectivity index is 1.70. The van der Waals surface area contributed by atoms with Gasteiger partial charge < -0.3 is 9.47 Å². The second-order valence-electron chi connectivity index (χ2n) is 6.69. The Morgan fingerprint density at radius 3 is 2.60 bits per heavy atom. The molecule has 3 aromatic rings. The second-order valence-corrected chi connectivity index (χ2v) is 6.69. The molecule has 4 nitrogen and oxygen atoms in total. The molecule has 0 unspecified atom stereocenters. The number of benzene rings is 2. The van der Waals surface area contributed by atoms with Crippen LogP contribution in [0.3, 0.4) is 0 Å². The van der Waals surface area contributed by atoms with Gasteiger partial charge in [0.2, 0.25) is 5.91 Å². The first-order valence-electron chi connectivity index (χ1n) is 8.55. The summed E-state index contributed by atoms with van der Waals surface area (Å²) in [5.41, 5.74) is 3.80. The average Bonchev–Trinajstić information content (AvgIpc) is 3.12. The van der Waals surface area contributed by atoms with Crippen molar-refractivity contribution in [1.82, 2.24) is 4.57 Å². The Hall–Kier alpha value is -2.88. The Kier molecular flexibility index (Phi) is 3.68. The van der Waals surface area contributed by atoms with Crippen molar-refractivity contribution in [3.8, 4) is 0 Å². The van der Waals surface area contributed by atoms with Gasteiger partial charge in [-0.05, 0) is 38.0 Å². The summed E-state index contributed by atoms with van der Waals surface area (Å²) in [5.74, 6) is 0.0654. The van der Waals surface area contributed by atoms with E-state index in [1.807, 2.05) is 51.9 Å². The summed E-state index contributed by atoms with van der Waals surface area (Å²) in [6.07, 6.45) is 2.69. The van der Waals surface area contributed by atoms with Crippen LogP contribution >= 0.6 is 0 Å². The van der Waals surface area contributed by atoms with Gasteiger partial charge in [0.05, 0.1) is 0 Å². The number of hydrogen-bond donors (Lipinski definition) is 0. The number of aromatic nitrogens is 1. The Morgan fingerprint density at radius 2 is 1.80 bits per heavy atom. The molecular weight excluding hydrogens is 312 g/mol. The molecule has 4 heteroatoms. The zero-order valence-electron chi connectivity index (χ0n) is 14.4. The molecule has 1 atom stereocenters. The molecule has 126 valence electrons. The van der Waals surface area contributed by atoms with Crippen LogP contribution < -0.4 is 4.90 Å². The molecule has 0 N–H and O–H groups in total. The minimum Gasteiger partial charge on any atom is -0.337 e. The fraction of sp³-hybridized carbons (Fsp3) is 0.238. The minimum atomic E-state index is 0.0160. The van der Waals surface area contributed by atoms with E-state index in [1.165, 1.54) is 5.56 Å². The zero-order chi connectivity index (χ0) is 17.6. The van der Waals surface area contributed by atoms with Crippen LogP contribution in [0.15, 0.2) is 54.7 Å². The Bertz CT molecular complexity index is 986. The fourth-order valence-corrected chi connectivity index (χ4v) is 3.83. The number of hydrogen-bond acceptors (Lipinski definition) is 2. The van der Waals surface area contributed by atoms with E-state index in [0.717, 1.165) is 23.0 Å². The van der Waals surface area contributed by atoms with E-state index in [1.54, 1.807) is 13.1 Å². The van der Waals surface area contributed by atoms with Crippen LogP contribution in [-0.4, -0.2) is 22.3 Å². The van der Waals surface area contributed by atoms with E-state index in [9.17, 15) is 9.59 Å². The number of carbonyl (C=O) groups is 2. The lowest BCUT2D eigenvalue weighted by Gasteiger charge is -2.23. The van der Waals surface area contributed by atoms with Crippen LogP contribution in [0, 0.1) is 0 Å². The first-order chi connectivity index (χ1) is 12.1.